The third-order valence-corrected chi connectivity index (χ3v) is 21.1. The molecular formula is C39H68O3Si. The zero-order chi connectivity index (χ0) is 32.0. The van der Waals surface area contributed by atoms with E-state index in [2.05, 4.69) is 82.0 Å². The zero-order valence-corrected chi connectivity index (χ0v) is 31.4. The Balaban J connectivity index is 1.47. The second-order valence-electron chi connectivity index (χ2n) is 19.3. The highest BCUT2D eigenvalue weighted by molar-refractivity contribution is 6.74. The molecule has 0 N–H and O–H groups in total. The first kappa shape index (κ1) is 33.7. The lowest BCUT2D eigenvalue weighted by molar-refractivity contribution is -0.249. The number of ether oxygens (including phenoxy) is 1. The first-order chi connectivity index (χ1) is 19.7. The summed E-state index contributed by atoms with van der Waals surface area (Å²) in [5.41, 5.74) is 2.78. The first-order valence-corrected chi connectivity index (χ1v) is 21.0. The van der Waals surface area contributed by atoms with Gasteiger partial charge in [-0.25, -0.2) is 0 Å². The molecule has 0 aliphatic heterocycles. The average Bonchev–Trinajstić information content (AvgIpc) is 3.29. The van der Waals surface area contributed by atoms with E-state index in [1.807, 2.05) is 0 Å². The van der Waals surface area contributed by atoms with Gasteiger partial charge in [0.15, 0.2) is 8.32 Å². The normalized spacial score (nSPS) is 48.0. The van der Waals surface area contributed by atoms with Crippen molar-refractivity contribution in [3.63, 3.8) is 0 Å². The highest BCUT2D eigenvalue weighted by Crippen LogP contribution is 2.78. The Bertz CT molecular complexity index is 1110. The second-order valence-corrected chi connectivity index (χ2v) is 24.1. The van der Waals surface area contributed by atoms with Gasteiger partial charge in [-0.2, -0.15) is 0 Å². The van der Waals surface area contributed by atoms with Crippen LogP contribution in [0.25, 0.3) is 0 Å². The molecule has 5 aliphatic carbocycles. The van der Waals surface area contributed by atoms with Crippen LogP contribution in [0, 0.1) is 62.6 Å². The lowest BCUT2D eigenvalue weighted by Gasteiger charge is -2.73. The van der Waals surface area contributed by atoms with Crippen LogP contribution in [0.5, 0.6) is 0 Å². The molecule has 0 radical (unpaired) electrons. The number of esters is 1. The molecule has 0 aromatic rings. The van der Waals surface area contributed by atoms with Crippen molar-refractivity contribution >= 4 is 14.3 Å². The molecule has 5 unspecified atom stereocenters. The van der Waals surface area contributed by atoms with Gasteiger partial charge in [-0.15, -0.1) is 0 Å². The fourth-order valence-corrected chi connectivity index (χ4v) is 13.7. The molecule has 11 atom stereocenters. The SMILES string of the molecule is C=C(C)C1CC[C@]2(COC(C)=O)CC[C@]3(C)C(CCC4[C@@]5(C)CC[C@H](C)[C@@](C)(CO[Si](C)(C)C(C)(C)C)C5CC[C@]43C)C12. The van der Waals surface area contributed by atoms with Crippen molar-refractivity contribution in [2.75, 3.05) is 13.2 Å². The first-order valence-electron chi connectivity index (χ1n) is 18.1. The Kier molecular flexibility index (Phi) is 8.41. The molecule has 43 heavy (non-hydrogen) atoms. The van der Waals surface area contributed by atoms with Gasteiger partial charge in [-0.1, -0.05) is 67.5 Å². The molecule has 5 saturated carbocycles. The van der Waals surface area contributed by atoms with Gasteiger partial charge in [0, 0.05) is 18.9 Å². The van der Waals surface area contributed by atoms with E-state index in [-0.39, 0.29) is 21.8 Å². The van der Waals surface area contributed by atoms with Gasteiger partial charge >= 0.3 is 5.97 Å². The highest BCUT2D eigenvalue weighted by atomic mass is 28.4. The second kappa shape index (κ2) is 10.7. The standard InChI is InChI=1S/C39H68O3Si/c1-26(2)29-17-21-39(25-41-28(4)40)23-22-37(10)30(33(29)39)14-15-32-35(8)19-16-27(3)36(9,31(35)18-20-38(32,37)11)24-42-43(12,13)34(5,6)7/h27,29-33H,1,14-25H2,2-13H3/t27-,29?,30?,31?,32?,33?,35-,36+,37+,38+,39+/m0/s1. The number of hydrogen-bond donors (Lipinski definition) is 0. The van der Waals surface area contributed by atoms with Crippen LogP contribution in [-0.2, 0) is 14.0 Å². The van der Waals surface area contributed by atoms with E-state index in [1.165, 1.54) is 69.8 Å². The maximum absolute atomic E-state index is 12.0. The molecule has 5 rings (SSSR count). The lowest BCUT2D eigenvalue weighted by Crippen LogP contribution is -2.67. The summed E-state index contributed by atoms with van der Waals surface area (Å²) in [6, 6.07) is 0. The molecular weight excluding hydrogens is 545 g/mol. The zero-order valence-electron chi connectivity index (χ0n) is 30.4. The number of carbonyl (C=O) groups excluding carboxylic acids is 1. The maximum atomic E-state index is 12.0. The smallest absolute Gasteiger partial charge is 0.302 e. The van der Waals surface area contributed by atoms with Crippen molar-refractivity contribution in [2.24, 2.45) is 62.6 Å². The number of hydrogen-bond acceptors (Lipinski definition) is 3. The van der Waals surface area contributed by atoms with E-state index < -0.39 is 8.32 Å². The molecule has 5 fully saturated rings. The molecule has 0 amide bonds. The molecule has 0 bridgehead atoms. The maximum Gasteiger partial charge on any atom is 0.302 e. The topological polar surface area (TPSA) is 35.5 Å². The average molecular weight is 613 g/mol. The van der Waals surface area contributed by atoms with Crippen LogP contribution in [0.3, 0.4) is 0 Å². The third kappa shape index (κ3) is 4.91. The summed E-state index contributed by atoms with van der Waals surface area (Å²) in [6.07, 6.45) is 13.0. The number of fused-ring (bicyclic) bond motifs is 7. The Morgan fingerprint density at radius 3 is 2.12 bits per heavy atom. The van der Waals surface area contributed by atoms with Crippen molar-refractivity contribution in [1.82, 2.24) is 0 Å². The molecule has 0 aromatic heterocycles. The van der Waals surface area contributed by atoms with Gasteiger partial charge in [0.1, 0.15) is 0 Å². The molecule has 3 nitrogen and oxygen atoms in total. The quantitative estimate of drug-likeness (QED) is 0.170. The van der Waals surface area contributed by atoms with E-state index in [4.69, 9.17) is 9.16 Å². The molecule has 0 saturated heterocycles. The Hall–Kier alpha value is -0.613. The minimum Gasteiger partial charge on any atom is -0.465 e. The van der Waals surface area contributed by atoms with Crippen molar-refractivity contribution < 1.29 is 14.0 Å². The summed E-state index contributed by atoms with van der Waals surface area (Å²) in [5, 5.41) is 0.246. The fourth-order valence-electron chi connectivity index (χ4n) is 12.6. The van der Waals surface area contributed by atoms with Gasteiger partial charge in [0.2, 0.25) is 0 Å². The van der Waals surface area contributed by atoms with E-state index in [0.717, 1.165) is 18.4 Å². The van der Waals surface area contributed by atoms with Crippen molar-refractivity contribution in [3.05, 3.63) is 12.2 Å². The van der Waals surface area contributed by atoms with Crippen LogP contribution >= 0.6 is 0 Å². The lowest BCUT2D eigenvalue weighted by atomic mass is 9.32. The van der Waals surface area contributed by atoms with Crippen molar-refractivity contribution in [3.8, 4) is 0 Å². The predicted molar refractivity (Wildman–Crippen MR) is 182 cm³/mol. The fraction of sp³-hybridized carbons (Fsp3) is 0.923. The van der Waals surface area contributed by atoms with E-state index >= 15 is 0 Å². The van der Waals surface area contributed by atoms with Crippen molar-refractivity contribution in [1.29, 1.82) is 0 Å². The minimum absolute atomic E-state index is 0.116. The number of carbonyl (C=O) groups is 1. The summed E-state index contributed by atoms with van der Waals surface area (Å²) in [6.45, 7) is 35.4. The molecule has 0 heterocycles. The summed E-state index contributed by atoms with van der Waals surface area (Å²) in [4.78, 5) is 12.0. The summed E-state index contributed by atoms with van der Waals surface area (Å²) < 4.78 is 13.0. The van der Waals surface area contributed by atoms with E-state index in [0.29, 0.717) is 46.5 Å². The van der Waals surface area contributed by atoms with E-state index in [1.54, 1.807) is 6.92 Å². The van der Waals surface area contributed by atoms with Crippen LogP contribution in [0.2, 0.25) is 18.1 Å². The van der Waals surface area contributed by atoms with E-state index in [9.17, 15) is 4.79 Å². The minimum atomic E-state index is -1.82. The Morgan fingerprint density at radius 1 is 0.837 bits per heavy atom. The van der Waals surface area contributed by atoms with Gasteiger partial charge in [0.05, 0.1) is 6.61 Å². The van der Waals surface area contributed by atoms with Crippen molar-refractivity contribution in [2.45, 2.75) is 152 Å². The molecule has 0 spiro atoms. The molecule has 5 aliphatic rings. The predicted octanol–water partition coefficient (Wildman–Crippen LogP) is 10.8. The Labute approximate surface area is 267 Å². The van der Waals surface area contributed by atoms with Gasteiger partial charge in [-0.3, -0.25) is 4.79 Å². The van der Waals surface area contributed by atoms with Gasteiger partial charge in [0.25, 0.3) is 0 Å². The van der Waals surface area contributed by atoms with Crippen LogP contribution in [0.1, 0.15) is 133 Å². The Morgan fingerprint density at radius 2 is 1.51 bits per heavy atom. The van der Waals surface area contributed by atoms with Crippen LogP contribution in [0.15, 0.2) is 12.2 Å². The summed E-state index contributed by atoms with van der Waals surface area (Å²) >= 11 is 0. The summed E-state index contributed by atoms with van der Waals surface area (Å²) in [7, 11) is -1.82. The van der Waals surface area contributed by atoms with Crippen LogP contribution < -0.4 is 0 Å². The van der Waals surface area contributed by atoms with Gasteiger partial charge < -0.3 is 9.16 Å². The van der Waals surface area contributed by atoms with Gasteiger partial charge in [-0.05, 0) is 146 Å². The third-order valence-electron chi connectivity index (χ3n) is 16.7. The van der Waals surface area contributed by atoms with Crippen LogP contribution in [-0.4, -0.2) is 27.5 Å². The molecule has 246 valence electrons. The largest absolute Gasteiger partial charge is 0.465 e. The summed E-state index contributed by atoms with van der Waals surface area (Å²) in [5.74, 6) is 3.95. The highest BCUT2D eigenvalue weighted by Gasteiger charge is 2.71. The number of rotatable bonds is 6. The molecule has 4 heteroatoms. The number of allylic oxidation sites excluding steroid dienone is 1. The monoisotopic (exact) mass is 612 g/mol. The van der Waals surface area contributed by atoms with Crippen LogP contribution in [0.4, 0.5) is 0 Å². The molecule has 0 aromatic carbocycles.